The third kappa shape index (κ3) is 24.6. The number of imide groups is 1. The fourth-order valence-electron chi connectivity index (χ4n) is 6.25. The van der Waals surface area contributed by atoms with Gasteiger partial charge in [0.15, 0.2) is 0 Å². The summed E-state index contributed by atoms with van der Waals surface area (Å²) >= 11 is 0. The molecule has 1 N–H and O–H groups in total. The van der Waals surface area contributed by atoms with Gasteiger partial charge >= 0.3 is 0 Å². The molecule has 0 radical (unpaired) electrons. The van der Waals surface area contributed by atoms with Crippen molar-refractivity contribution in [1.82, 2.24) is 5.32 Å². The van der Waals surface area contributed by atoms with Crippen LogP contribution in [0.4, 0.5) is 0 Å². The van der Waals surface area contributed by atoms with Crippen LogP contribution in [0.1, 0.15) is 212 Å². The topological polar surface area (TPSA) is 46.2 Å². The van der Waals surface area contributed by atoms with E-state index in [1.807, 2.05) is 0 Å². The molecule has 3 nitrogen and oxygen atoms in total. The Kier molecular flexibility index (Phi) is 26.6. The van der Waals surface area contributed by atoms with Gasteiger partial charge < -0.3 is 0 Å². The van der Waals surface area contributed by atoms with Crippen LogP contribution in [0, 0.1) is 5.92 Å². The molecular weight excluding hydrogens is 478 g/mol. The molecule has 1 heterocycles. The first kappa shape index (κ1) is 36.2. The van der Waals surface area contributed by atoms with Gasteiger partial charge in [-0.15, -0.1) is 0 Å². The van der Waals surface area contributed by atoms with Gasteiger partial charge in [0, 0.05) is 12.3 Å². The Balaban J connectivity index is 1.63. The molecule has 1 aliphatic heterocycles. The predicted molar refractivity (Wildman–Crippen MR) is 170 cm³/mol. The third-order valence-corrected chi connectivity index (χ3v) is 8.97. The summed E-state index contributed by atoms with van der Waals surface area (Å²) in [5.41, 5.74) is 0. The lowest BCUT2D eigenvalue weighted by Gasteiger charge is -2.06. The molecule has 1 aliphatic rings. The minimum atomic E-state index is -0.0874. The third-order valence-electron chi connectivity index (χ3n) is 8.97. The lowest BCUT2D eigenvalue weighted by atomic mass is 9.98. The van der Waals surface area contributed by atoms with Gasteiger partial charge in [-0.3, -0.25) is 14.9 Å². The average Bonchev–Trinajstić information content (AvgIpc) is 3.26. The van der Waals surface area contributed by atoms with Crippen LogP contribution in [0.5, 0.6) is 0 Å². The highest BCUT2D eigenvalue weighted by Gasteiger charge is 2.29. The first-order valence-corrected chi connectivity index (χ1v) is 18.1. The highest BCUT2D eigenvalue weighted by Crippen LogP contribution is 2.20. The Morgan fingerprint density at radius 1 is 0.436 bits per heavy atom. The second-order valence-electron chi connectivity index (χ2n) is 12.9. The Morgan fingerprint density at radius 2 is 0.692 bits per heavy atom. The monoisotopic (exact) mass is 548 g/mol. The fourth-order valence-corrected chi connectivity index (χ4v) is 6.25. The maximum Gasteiger partial charge on any atom is 0.230 e. The number of amides is 2. The van der Waals surface area contributed by atoms with Crippen molar-refractivity contribution in [3.05, 3.63) is 0 Å². The van der Waals surface area contributed by atoms with E-state index in [0.717, 1.165) is 12.8 Å². The van der Waals surface area contributed by atoms with E-state index in [1.165, 1.54) is 186 Å². The first-order chi connectivity index (χ1) is 19.2. The predicted octanol–water partition coefficient (Wildman–Crippen LogP) is 11.8. The molecule has 0 saturated carbocycles. The average molecular weight is 548 g/mol. The number of carbonyl (C=O) groups is 2. The molecule has 1 fully saturated rings. The van der Waals surface area contributed by atoms with Crippen LogP contribution in [0.3, 0.4) is 0 Å². The van der Waals surface area contributed by atoms with Crippen LogP contribution in [-0.4, -0.2) is 11.8 Å². The minimum Gasteiger partial charge on any atom is -0.296 e. The number of nitrogens with one attached hydrogen (secondary N) is 1. The summed E-state index contributed by atoms with van der Waals surface area (Å²) in [7, 11) is 0. The van der Waals surface area contributed by atoms with E-state index in [9.17, 15) is 9.59 Å². The minimum absolute atomic E-state index is 0.0451. The highest BCUT2D eigenvalue weighted by molar-refractivity contribution is 6.03. The van der Waals surface area contributed by atoms with E-state index < -0.39 is 0 Å². The van der Waals surface area contributed by atoms with Crippen molar-refractivity contribution >= 4 is 11.8 Å². The summed E-state index contributed by atoms with van der Waals surface area (Å²) in [5, 5.41) is 2.41. The molecular formula is C36H69NO2. The van der Waals surface area contributed by atoms with Crippen molar-refractivity contribution < 1.29 is 9.59 Å². The SMILES string of the molecule is CCCCCCCCCCCCCCCCCCCCCCCCCCCCCCCCC1CC(=O)NC1=O. The van der Waals surface area contributed by atoms with Crippen LogP contribution in [-0.2, 0) is 9.59 Å². The molecule has 39 heavy (non-hydrogen) atoms. The molecule has 1 atom stereocenters. The second-order valence-corrected chi connectivity index (χ2v) is 12.9. The van der Waals surface area contributed by atoms with Crippen molar-refractivity contribution in [3.8, 4) is 0 Å². The van der Waals surface area contributed by atoms with Gasteiger partial charge in [-0.25, -0.2) is 0 Å². The Hall–Kier alpha value is -0.860. The Morgan fingerprint density at radius 3 is 0.923 bits per heavy atom. The summed E-state index contributed by atoms with van der Waals surface area (Å²) in [5.74, 6) is -0.178. The van der Waals surface area contributed by atoms with E-state index in [0.29, 0.717) is 6.42 Å². The first-order valence-electron chi connectivity index (χ1n) is 18.1. The van der Waals surface area contributed by atoms with Gasteiger partial charge in [0.1, 0.15) is 0 Å². The van der Waals surface area contributed by atoms with E-state index >= 15 is 0 Å². The molecule has 1 unspecified atom stereocenters. The fraction of sp³-hybridized carbons (Fsp3) is 0.944. The zero-order valence-corrected chi connectivity index (χ0v) is 26.5. The molecule has 0 aromatic carbocycles. The van der Waals surface area contributed by atoms with Gasteiger partial charge in [-0.1, -0.05) is 200 Å². The number of hydrogen-bond acceptors (Lipinski definition) is 2. The van der Waals surface area contributed by atoms with Crippen molar-refractivity contribution in [2.45, 2.75) is 212 Å². The van der Waals surface area contributed by atoms with Crippen LogP contribution in [0.25, 0.3) is 0 Å². The molecule has 3 heteroatoms. The van der Waals surface area contributed by atoms with E-state index in [2.05, 4.69) is 12.2 Å². The van der Waals surface area contributed by atoms with Crippen molar-refractivity contribution in [1.29, 1.82) is 0 Å². The molecule has 0 spiro atoms. The molecule has 2 amide bonds. The molecule has 0 aromatic rings. The van der Waals surface area contributed by atoms with Crippen molar-refractivity contribution in [3.63, 3.8) is 0 Å². The van der Waals surface area contributed by atoms with E-state index in [1.54, 1.807) is 0 Å². The Labute approximate surface area is 244 Å². The van der Waals surface area contributed by atoms with Crippen LogP contribution in [0.2, 0.25) is 0 Å². The lowest BCUT2D eigenvalue weighted by Crippen LogP contribution is -2.21. The maximum absolute atomic E-state index is 11.5. The smallest absolute Gasteiger partial charge is 0.230 e. The number of hydrogen-bond donors (Lipinski definition) is 1. The quantitative estimate of drug-likeness (QED) is 0.0693. The molecule has 230 valence electrons. The number of carbonyl (C=O) groups excluding carboxylic acids is 2. The zero-order valence-electron chi connectivity index (χ0n) is 26.5. The summed E-state index contributed by atoms with van der Waals surface area (Å²) < 4.78 is 0. The lowest BCUT2D eigenvalue weighted by molar-refractivity contribution is -0.125. The number of rotatable bonds is 31. The summed E-state index contributed by atoms with van der Waals surface area (Å²) in [6, 6.07) is 0. The number of unbranched alkanes of at least 4 members (excludes halogenated alkanes) is 29. The van der Waals surface area contributed by atoms with Gasteiger partial charge in [0.05, 0.1) is 0 Å². The molecule has 0 bridgehead atoms. The van der Waals surface area contributed by atoms with Crippen LogP contribution in [0.15, 0.2) is 0 Å². The van der Waals surface area contributed by atoms with Gasteiger partial charge in [0.25, 0.3) is 0 Å². The van der Waals surface area contributed by atoms with Crippen LogP contribution >= 0.6 is 0 Å². The summed E-state index contributed by atoms with van der Waals surface area (Å²) in [6.07, 6.45) is 43.9. The second kappa shape index (κ2) is 28.7. The normalized spacial score (nSPS) is 15.4. The Bertz CT molecular complexity index is 546. The van der Waals surface area contributed by atoms with Crippen molar-refractivity contribution in [2.24, 2.45) is 5.92 Å². The van der Waals surface area contributed by atoms with Gasteiger partial charge in [0.2, 0.25) is 11.8 Å². The molecule has 0 aromatic heterocycles. The largest absolute Gasteiger partial charge is 0.296 e. The van der Waals surface area contributed by atoms with Gasteiger partial charge in [-0.05, 0) is 6.42 Å². The summed E-state index contributed by atoms with van der Waals surface area (Å²) in [6.45, 7) is 2.30. The highest BCUT2D eigenvalue weighted by atomic mass is 16.2. The maximum atomic E-state index is 11.5. The standard InChI is InChI=1S/C36H69NO2/c1-2-3-4-5-6-7-8-9-10-11-12-13-14-15-16-17-18-19-20-21-22-23-24-25-26-27-28-29-30-31-32-34-33-35(38)37-36(34)39/h34H,2-33H2,1H3,(H,37,38,39). The van der Waals surface area contributed by atoms with E-state index in [4.69, 9.17) is 0 Å². The van der Waals surface area contributed by atoms with Gasteiger partial charge in [-0.2, -0.15) is 0 Å². The summed E-state index contributed by atoms with van der Waals surface area (Å²) in [4.78, 5) is 22.7. The molecule has 1 saturated heterocycles. The molecule has 1 rings (SSSR count). The zero-order chi connectivity index (χ0) is 28.1. The van der Waals surface area contributed by atoms with Crippen LogP contribution < -0.4 is 5.32 Å². The molecule has 0 aliphatic carbocycles. The van der Waals surface area contributed by atoms with E-state index in [-0.39, 0.29) is 17.7 Å². The van der Waals surface area contributed by atoms with Crippen molar-refractivity contribution in [2.75, 3.05) is 0 Å².